The van der Waals surface area contributed by atoms with E-state index in [9.17, 15) is 9.59 Å². The molecular weight excluding hydrogens is 337 g/mol. The van der Waals surface area contributed by atoms with Crippen LogP contribution >= 0.6 is 27.5 Å². The molecule has 104 valence electrons. The highest BCUT2D eigenvalue weighted by Gasteiger charge is 2.12. The summed E-state index contributed by atoms with van der Waals surface area (Å²) in [7, 11) is 0. The average molecular weight is 351 g/mol. The Hall–Kier alpha value is -1.27. The largest absolute Gasteiger partial charge is 0.482 e. The van der Waals surface area contributed by atoms with Gasteiger partial charge in [-0.15, -0.1) is 0 Å². The third kappa shape index (κ3) is 5.94. The van der Waals surface area contributed by atoms with Crippen molar-refractivity contribution in [1.29, 1.82) is 0 Å². The van der Waals surface area contributed by atoms with Gasteiger partial charge in [-0.25, -0.2) is 0 Å². The molecule has 0 aromatic heterocycles. The molecule has 0 aliphatic rings. The van der Waals surface area contributed by atoms with Crippen molar-refractivity contribution in [2.75, 3.05) is 6.61 Å². The number of hydrogen-bond donors (Lipinski definition) is 2. The first kappa shape index (κ1) is 15.8. The maximum atomic E-state index is 11.5. The molecule has 0 saturated carbocycles. The van der Waals surface area contributed by atoms with Crippen LogP contribution in [0.25, 0.3) is 0 Å². The first-order chi connectivity index (χ1) is 8.88. The number of rotatable bonds is 6. The van der Waals surface area contributed by atoms with Crippen molar-refractivity contribution in [3.8, 4) is 5.75 Å². The van der Waals surface area contributed by atoms with Gasteiger partial charge in [0.2, 0.25) is 0 Å². The molecule has 7 heteroatoms. The minimum absolute atomic E-state index is 0.134. The van der Waals surface area contributed by atoms with Crippen LogP contribution in [0, 0.1) is 0 Å². The molecule has 2 N–H and O–H groups in total. The molecule has 0 radical (unpaired) electrons. The van der Waals surface area contributed by atoms with Gasteiger partial charge in [-0.05, 0) is 25.1 Å². The highest BCUT2D eigenvalue weighted by Crippen LogP contribution is 2.27. The van der Waals surface area contributed by atoms with Gasteiger partial charge in [0.05, 0.1) is 11.4 Å². The Bertz CT molecular complexity index is 481. The smallest absolute Gasteiger partial charge is 0.305 e. The molecule has 0 bridgehead atoms. The Kier molecular flexibility index (Phi) is 6.11. The van der Waals surface area contributed by atoms with Gasteiger partial charge in [-0.1, -0.05) is 27.5 Å². The number of aliphatic carboxylic acids is 1. The molecule has 1 rings (SSSR count). The molecule has 1 atom stereocenters. The lowest BCUT2D eigenvalue weighted by Crippen LogP contribution is -2.37. The van der Waals surface area contributed by atoms with Gasteiger partial charge in [0.15, 0.2) is 6.61 Å². The Morgan fingerprint density at radius 1 is 1.53 bits per heavy atom. The van der Waals surface area contributed by atoms with Crippen LogP contribution in [-0.2, 0) is 9.59 Å². The lowest BCUT2D eigenvalue weighted by Gasteiger charge is -2.12. The van der Waals surface area contributed by atoms with Gasteiger partial charge in [0, 0.05) is 10.5 Å². The van der Waals surface area contributed by atoms with E-state index in [0.29, 0.717) is 10.8 Å². The zero-order chi connectivity index (χ0) is 14.4. The molecule has 0 fully saturated rings. The van der Waals surface area contributed by atoms with E-state index in [2.05, 4.69) is 21.2 Å². The summed E-state index contributed by atoms with van der Waals surface area (Å²) in [6.45, 7) is 1.39. The van der Waals surface area contributed by atoms with Gasteiger partial charge in [0.25, 0.3) is 5.91 Å². The second-order valence-corrected chi connectivity index (χ2v) is 5.25. The van der Waals surface area contributed by atoms with Crippen molar-refractivity contribution in [3.05, 3.63) is 27.7 Å². The Balaban J connectivity index is 2.43. The van der Waals surface area contributed by atoms with Crippen LogP contribution in [0.3, 0.4) is 0 Å². The predicted octanol–water partition coefficient (Wildman–Crippen LogP) is 2.46. The maximum Gasteiger partial charge on any atom is 0.305 e. The fourth-order valence-corrected chi connectivity index (χ4v) is 2.09. The molecule has 5 nitrogen and oxygen atoms in total. The Labute approximate surface area is 124 Å². The topological polar surface area (TPSA) is 75.6 Å². The first-order valence-electron chi connectivity index (χ1n) is 5.47. The molecule has 0 spiro atoms. The minimum Gasteiger partial charge on any atom is -0.482 e. The SMILES string of the molecule is CC(CC(=O)O)NC(=O)COc1ccc(Br)cc1Cl. The summed E-state index contributed by atoms with van der Waals surface area (Å²) in [5, 5.41) is 11.5. The summed E-state index contributed by atoms with van der Waals surface area (Å²) in [6.07, 6.45) is -0.134. The summed E-state index contributed by atoms with van der Waals surface area (Å²) >= 11 is 9.18. The zero-order valence-electron chi connectivity index (χ0n) is 10.2. The van der Waals surface area contributed by atoms with Gasteiger partial charge in [-0.3, -0.25) is 9.59 Å². The number of carbonyl (C=O) groups excluding carboxylic acids is 1. The number of benzene rings is 1. The highest BCUT2D eigenvalue weighted by molar-refractivity contribution is 9.10. The van der Waals surface area contributed by atoms with Crippen LogP contribution in [0.4, 0.5) is 0 Å². The summed E-state index contributed by atoms with van der Waals surface area (Å²) in [4.78, 5) is 21.9. The van der Waals surface area contributed by atoms with Crippen molar-refractivity contribution in [2.24, 2.45) is 0 Å². The van der Waals surface area contributed by atoms with Crippen LogP contribution in [0.15, 0.2) is 22.7 Å². The second-order valence-electron chi connectivity index (χ2n) is 3.93. The lowest BCUT2D eigenvalue weighted by molar-refractivity contribution is -0.137. The van der Waals surface area contributed by atoms with Crippen molar-refractivity contribution >= 4 is 39.4 Å². The van der Waals surface area contributed by atoms with Crippen molar-refractivity contribution in [1.82, 2.24) is 5.32 Å². The Morgan fingerprint density at radius 3 is 2.79 bits per heavy atom. The summed E-state index contributed by atoms with van der Waals surface area (Å²) in [5.41, 5.74) is 0. The second kappa shape index (κ2) is 7.35. The third-order valence-electron chi connectivity index (χ3n) is 2.14. The van der Waals surface area contributed by atoms with Crippen molar-refractivity contribution in [2.45, 2.75) is 19.4 Å². The number of carbonyl (C=O) groups is 2. The number of carboxylic acid groups (broad SMARTS) is 1. The molecule has 1 amide bonds. The number of carboxylic acids is 1. The van der Waals surface area contributed by atoms with Crippen LogP contribution < -0.4 is 10.1 Å². The van der Waals surface area contributed by atoms with Gasteiger partial charge < -0.3 is 15.2 Å². The molecule has 1 unspecified atom stereocenters. The van der Waals surface area contributed by atoms with E-state index in [4.69, 9.17) is 21.4 Å². The van der Waals surface area contributed by atoms with Crippen molar-refractivity contribution in [3.63, 3.8) is 0 Å². The molecule has 1 aromatic rings. The van der Waals surface area contributed by atoms with Crippen LogP contribution in [0.2, 0.25) is 5.02 Å². The molecule has 0 aliphatic carbocycles. The zero-order valence-corrected chi connectivity index (χ0v) is 12.5. The van der Waals surface area contributed by atoms with E-state index in [1.165, 1.54) is 0 Å². The number of amides is 1. The normalized spacial score (nSPS) is 11.7. The molecule has 0 aliphatic heterocycles. The molecular formula is C12H13BrClNO4. The predicted molar refractivity (Wildman–Crippen MR) is 74.5 cm³/mol. The van der Waals surface area contributed by atoms with E-state index >= 15 is 0 Å². The minimum atomic E-state index is -0.968. The van der Waals surface area contributed by atoms with E-state index in [0.717, 1.165) is 4.47 Å². The molecule has 0 saturated heterocycles. The fourth-order valence-electron chi connectivity index (χ4n) is 1.37. The number of ether oxygens (including phenoxy) is 1. The summed E-state index contributed by atoms with van der Waals surface area (Å²) in [5.74, 6) is -0.969. The van der Waals surface area contributed by atoms with Gasteiger partial charge >= 0.3 is 5.97 Å². The lowest BCUT2D eigenvalue weighted by atomic mass is 10.2. The standard InChI is InChI=1S/C12H13BrClNO4/c1-7(4-12(17)18)15-11(16)6-19-10-3-2-8(13)5-9(10)14/h2-3,5,7H,4,6H2,1H3,(H,15,16)(H,17,18). The highest BCUT2D eigenvalue weighted by atomic mass is 79.9. The van der Waals surface area contributed by atoms with E-state index in [1.54, 1.807) is 25.1 Å². The molecule has 19 heavy (non-hydrogen) atoms. The number of nitrogens with one attached hydrogen (secondary N) is 1. The van der Waals surface area contributed by atoms with E-state index in [-0.39, 0.29) is 13.0 Å². The summed E-state index contributed by atoms with van der Waals surface area (Å²) < 4.78 is 6.06. The van der Waals surface area contributed by atoms with Crippen molar-refractivity contribution < 1.29 is 19.4 Å². The van der Waals surface area contributed by atoms with Crippen LogP contribution in [0.5, 0.6) is 5.75 Å². The number of hydrogen-bond acceptors (Lipinski definition) is 3. The van der Waals surface area contributed by atoms with Gasteiger partial charge in [-0.2, -0.15) is 0 Å². The van der Waals surface area contributed by atoms with E-state index in [1.807, 2.05) is 0 Å². The quantitative estimate of drug-likeness (QED) is 0.826. The average Bonchev–Trinajstić information content (AvgIpc) is 2.26. The maximum absolute atomic E-state index is 11.5. The number of halogens is 2. The van der Waals surface area contributed by atoms with Crippen LogP contribution in [0.1, 0.15) is 13.3 Å². The first-order valence-corrected chi connectivity index (χ1v) is 6.64. The molecule has 1 aromatic carbocycles. The third-order valence-corrected chi connectivity index (χ3v) is 2.93. The van der Waals surface area contributed by atoms with E-state index < -0.39 is 17.9 Å². The fraction of sp³-hybridized carbons (Fsp3) is 0.333. The summed E-state index contributed by atoms with van der Waals surface area (Å²) in [6, 6.07) is 4.59. The monoisotopic (exact) mass is 349 g/mol. The van der Waals surface area contributed by atoms with Gasteiger partial charge in [0.1, 0.15) is 5.75 Å². The van der Waals surface area contributed by atoms with Crippen LogP contribution in [-0.4, -0.2) is 29.6 Å². The Morgan fingerprint density at radius 2 is 2.21 bits per heavy atom. The molecule has 0 heterocycles.